The molecular weight excluding hydrogens is 228 g/mol. The van der Waals surface area contributed by atoms with Crippen LogP contribution >= 0.6 is 11.3 Å². The van der Waals surface area contributed by atoms with Gasteiger partial charge in [-0.3, -0.25) is 0 Å². The zero-order valence-corrected chi connectivity index (χ0v) is 10.3. The van der Waals surface area contributed by atoms with Crippen molar-refractivity contribution in [2.45, 2.75) is 13.3 Å². The Morgan fingerprint density at radius 3 is 2.82 bits per heavy atom. The lowest BCUT2D eigenvalue weighted by Gasteiger charge is -2.02. The third-order valence-corrected chi connectivity index (χ3v) is 4.00. The molecule has 17 heavy (non-hydrogen) atoms. The largest absolute Gasteiger partial charge is 0.234 e. The molecule has 0 fully saturated rings. The van der Waals surface area contributed by atoms with E-state index in [0.717, 1.165) is 16.6 Å². The Labute approximate surface area is 104 Å². The van der Waals surface area contributed by atoms with Crippen molar-refractivity contribution in [1.82, 2.24) is 9.97 Å². The summed E-state index contributed by atoms with van der Waals surface area (Å²) < 4.78 is 0. The number of benzene rings is 1. The highest BCUT2D eigenvalue weighted by atomic mass is 32.1. The van der Waals surface area contributed by atoms with Gasteiger partial charge < -0.3 is 0 Å². The van der Waals surface area contributed by atoms with Gasteiger partial charge in [-0.05, 0) is 12.0 Å². The van der Waals surface area contributed by atoms with Crippen molar-refractivity contribution in [2.75, 3.05) is 0 Å². The van der Waals surface area contributed by atoms with Crippen LogP contribution in [0, 0.1) is 6.20 Å². The van der Waals surface area contributed by atoms with Gasteiger partial charge in [-0.1, -0.05) is 37.3 Å². The van der Waals surface area contributed by atoms with Crippen molar-refractivity contribution < 1.29 is 0 Å². The van der Waals surface area contributed by atoms with Crippen LogP contribution in [-0.2, 0) is 6.42 Å². The number of hydrogen-bond acceptors (Lipinski definition) is 3. The molecule has 0 atom stereocenters. The molecular formula is C14H11N2S. The molecule has 1 radical (unpaired) electrons. The van der Waals surface area contributed by atoms with Crippen molar-refractivity contribution >= 4 is 21.6 Å². The SMILES string of the molecule is CCc1sc2ncn[c]c2c1-c1ccccc1. The molecule has 0 bridgehead atoms. The van der Waals surface area contributed by atoms with Crippen molar-refractivity contribution in [3.8, 4) is 11.1 Å². The highest BCUT2D eigenvalue weighted by Crippen LogP contribution is 2.37. The lowest BCUT2D eigenvalue weighted by atomic mass is 10.0. The van der Waals surface area contributed by atoms with E-state index < -0.39 is 0 Å². The minimum atomic E-state index is 1.01. The fourth-order valence-corrected chi connectivity index (χ4v) is 3.04. The van der Waals surface area contributed by atoms with E-state index in [9.17, 15) is 0 Å². The molecule has 83 valence electrons. The molecule has 0 amide bonds. The molecule has 0 aliphatic rings. The second-order valence-corrected chi connectivity index (χ2v) is 4.87. The highest BCUT2D eigenvalue weighted by Gasteiger charge is 2.13. The first kappa shape index (κ1) is 10.4. The molecule has 0 aliphatic carbocycles. The molecule has 3 aromatic rings. The summed E-state index contributed by atoms with van der Waals surface area (Å²) in [6.45, 7) is 2.17. The first-order valence-corrected chi connectivity index (χ1v) is 6.41. The minimum Gasteiger partial charge on any atom is -0.234 e. The average Bonchev–Trinajstić information content (AvgIpc) is 2.78. The summed E-state index contributed by atoms with van der Waals surface area (Å²) in [7, 11) is 0. The van der Waals surface area contributed by atoms with E-state index in [2.05, 4.69) is 47.4 Å². The summed E-state index contributed by atoms with van der Waals surface area (Å²) in [5.74, 6) is 0. The van der Waals surface area contributed by atoms with Gasteiger partial charge in [0.2, 0.25) is 0 Å². The third kappa shape index (κ3) is 1.72. The Bertz CT molecular complexity index is 644. The summed E-state index contributed by atoms with van der Waals surface area (Å²) in [5, 5.41) is 1.04. The highest BCUT2D eigenvalue weighted by molar-refractivity contribution is 7.19. The normalized spacial score (nSPS) is 10.9. The van der Waals surface area contributed by atoms with Gasteiger partial charge in [0, 0.05) is 15.8 Å². The van der Waals surface area contributed by atoms with E-state index in [1.807, 2.05) is 6.07 Å². The Morgan fingerprint density at radius 2 is 2.06 bits per heavy atom. The molecule has 0 spiro atoms. The Balaban J connectivity index is 2.34. The zero-order valence-electron chi connectivity index (χ0n) is 9.47. The molecule has 3 heteroatoms. The van der Waals surface area contributed by atoms with Gasteiger partial charge in [0.1, 0.15) is 17.4 Å². The third-order valence-electron chi connectivity index (χ3n) is 2.76. The second kappa shape index (κ2) is 4.26. The minimum absolute atomic E-state index is 1.01. The van der Waals surface area contributed by atoms with E-state index in [1.54, 1.807) is 17.7 Å². The average molecular weight is 239 g/mol. The molecule has 2 nitrogen and oxygen atoms in total. The molecule has 0 saturated carbocycles. The number of rotatable bonds is 2. The van der Waals surface area contributed by atoms with Crippen LogP contribution in [0.25, 0.3) is 21.3 Å². The van der Waals surface area contributed by atoms with Gasteiger partial charge in [-0.15, -0.1) is 11.3 Å². The number of aromatic nitrogens is 2. The van der Waals surface area contributed by atoms with Crippen LogP contribution in [0.3, 0.4) is 0 Å². The van der Waals surface area contributed by atoms with Crippen molar-refractivity contribution in [3.63, 3.8) is 0 Å². The van der Waals surface area contributed by atoms with Crippen LogP contribution in [0.1, 0.15) is 11.8 Å². The predicted molar refractivity (Wildman–Crippen MR) is 71.1 cm³/mol. The zero-order chi connectivity index (χ0) is 11.7. The fraction of sp³-hybridized carbons (Fsp3) is 0.143. The Morgan fingerprint density at radius 1 is 1.24 bits per heavy atom. The van der Waals surface area contributed by atoms with Crippen molar-refractivity contribution in [2.24, 2.45) is 0 Å². The molecule has 2 heterocycles. The van der Waals surface area contributed by atoms with Crippen LogP contribution in [0.4, 0.5) is 0 Å². The summed E-state index contributed by atoms with van der Waals surface area (Å²) in [6, 6.07) is 10.4. The lowest BCUT2D eigenvalue weighted by Crippen LogP contribution is -1.82. The fourth-order valence-electron chi connectivity index (χ4n) is 1.99. The van der Waals surface area contributed by atoms with Gasteiger partial charge in [0.25, 0.3) is 0 Å². The quantitative estimate of drug-likeness (QED) is 0.681. The molecule has 2 aromatic heterocycles. The maximum absolute atomic E-state index is 4.31. The number of thiophene rings is 1. The van der Waals surface area contributed by atoms with E-state index in [0.29, 0.717) is 0 Å². The second-order valence-electron chi connectivity index (χ2n) is 3.79. The molecule has 0 N–H and O–H groups in total. The molecule has 0 unspecified atom stereocenters. The molecule has 1 aromatic carbocycles. The Kier molecular flexibility index (Phi) is 2.61. The van der Waals surface area contributed by atoms with E-state index in [4.69, 9.17) is 0 Å². The molecule has 0 saturated heterocycles. The van der Waals surface area contributed by atoms with Crippen LogP contribution < -0.4 is 0 Å². The van der Waals surface area contributed by atoms with Crippen molar-refractivity contribution in [3.05, 3.63) is 47.7 Å². The topological polar surface area (TPSA) is 25.8 Å². The number of nitrogens with zero attached hydrogens (tertiary/aromatic N) is 2. The van der Waals surface area contributed by atoms with E-state index in [1.165, 1.54) is 16.0 Å². The first-order valence-electron chi connectivity index (χ1n) is 5.59. The van der Waals surface area contributed by atoms with Gasteiger partial charge in [-0.25, -0.2) is 9.97 Å². The van der Waals surface area contributed by atoms with E-state index in [-0.39, 0.29) is 0 Å². The standard InChI is InChI=1S/C14H11N2S/c1-2-12-13(10-6-4-3-5-7-10)11-8-15-9-16-14(11)17-12/h3-7,9H,2H2,1H3. The summed E-state index contributed by atoms with van der Waals surface area (Å²) in [5.41, 5.74) is 2.47. The first-order chi connectivity index (χ1) is 8.40. The molecule has 3 rings (SSSR count). The van der Waals surface area contributed by atoms with E-state index >= 15 is 0 Å². The predicted octanol–water partition coefficient (Wildman–Crippen LogP) is 3.72. The lowest BCUT2D eigenvalue weighted by molar-refractivity contribution is 1.19. The molecule has 0 aliphatic heterocycles. The van der Waals surface area contributed by atoms with Gasteiger partial charge >= 0.3 is 0 Å². The van der Waals surface area contributed by atoms with Gasteiger partial charge in [0.05, 0.1) is 0 Å². The number of aryl methyl sites for hydroxylation is 1. The van der Waals surface area contributed by atoms with Gasteiger partial charge in [-0.2, -0.15) is 0 Å². The summed E-state index contributed by atoms with van der Waals surface area (Å²) in [6.07, 6.45) is 5.65. The van der Waals surface area contributed by atoms with Crippen LogP contribution in [-0.4, -0.2) is 9.97 Å². The smallest absolute Gasteiger partial charge is 0.128 e. The summed E-state index contributed by atoms with van der Waals surface area (Å²) in [4.78, 5) is 10.7. The van der Waals surface area contributed by atoms with Crippen LogP contribution in [0.5, 0.6) is 0 Å². The summed E-state index contributed by atoms with van der Waals surface area (Å²) >= 11 is 1.74. The maximum Gasteiger partial charge on any atom is 0.128 e. The number of hydrogen-bond donors (Lipinski definition) is 0. The van der Waals surface area contributed by atoms with Gasteiger partial charge in [0.15, 0.2) is 0 Å². The monoisotopic (exact) mass is 239 g/mol. The number of fused-ring (bicyclic) bond motifs is 1. The Hall–Kier alpha value is -1.74. The van der Waals surface area contributed by atoms with Crippen LogP contribution in [0.15, 0.2) is 36.7 Å². The van der Waals surface area contributed by atoms with Crippen LogP contribution in [0.2, 0.25) is 0 Å². The van der Waals surface area contributed by atoms with Crippen molar-refractivity contribution in [1.29, 1.82) is 0 Å². The maximum atomic E-state index is 4.31.